The molecule has 0 radical (unpaired) electrons. The van der Waals surface area contributed by atoms with Gasteiger partial charge in [0.15, 0.2) is 11.3 Å². The standard InChI is InChI=1S/C18H26N2O4/c1-9-10(2)12(4)15(21)13(11(9)3)14(19-22)16-20-24-18(7,8)17(5,6)23-16/h21-22H,1-8H3/b19-14-. The fraction of sp³-hybridized carbons (Fsp3) is 0.556. The van der Waals surface area contributed by atoms with E-state index in [9.17, 15) is 10.3 Å². The number of oxime groups is 2. The Morgan fingerprint density at radius 3 is 1.96 bits per heavy atom. The van der Waals surface area contributed by atoms with Gasteiger partial charge in [-0.25, -0.2) is 0 Å². The summed E-state index contributed by atoms with van der Waals surface area (Å²) in [6.45, 7) is 15.1. The lowest BCUT2D eigenvalue weighted by Crippen LogP contribution is -2.53. The molecule has 1 aromatic rings. The minimum absolute atomic E-state index is 0.0443. The molecule has 0 saturated carbocycles. The van der Waals surface area contributed by atoms with Crippen LogP contribution < -0.4 is 0 Å². The molecule has 0 spiro atoms. The number of aromatic hydroxyl groups is 1. The average Bonchev–Trinajstić information content (AvgIpc) is 2.50. The Morgan fingerprint density at radius 1 is 0.917 bits per heavy atom. The zero-order valence-electron chi connectivity index (χ0n) is 15.6. The maximum absolute atomic E-state index is 10.6. The summed E-state index contributed by atoms with van der Waals surface area (Å²) in [5, 5.41) is 27.5. The van der Waals surface area contributed by atoms with Crippen LogP contribution >= 0.6 is 0 Å². The number of hydrogen-bond acceptors (Lipinski definition) is 6. The van der Waals surface area contributed by atoms with Crippen molar-refractivity contribution >= 4 is 11.6 Å². The van der Waals surface area contributed by atoms with Gasteiger partial charge in [0.25, 0.3) is 5.90 Å². The van der Waals surface area contributed by atoms with E-state index in [1.807, 2.05) is 55.4 Å². The third-order valence-corrected chi connectivity index (χ3v) is 5.35. The predicted molar refractivity (Wildman–Crippen MR) is 93.1 cm³/mol. The van der Waals surface area contributed by atoms with Gasteiger partial charge in [-0.3, -0.25) is 0 Å². The van der Waals surface area contributed by atoms with Gasteiger partial charge in [-0.15, -0.1) is 0 Å². The number of ether oxygens (including phenoxy) is 1. The van der Waals surface area contributed by atoms with Gasteiger partial charge in [0.1, 0.15) is 11.4 Å². The van der Waals surface area contributed by atoms with E-state index in [0.717, 1.165) is 22.3 Å². The fourth-order valence-corrected chi connectivity index (χ4v) is 2.52. The maximum atomic E-state index is 10.6. The van der Waals surface area contributed by atoms with E-state index < -0.39 is 11.2 Å². The van der Waals surface area contributed by atoms with Gasteiger partial charge in [-0.2, -0.15) is 0 Å². The predicted octanol–water partition coefficient (Wildman–Crippen LogP) is 3.72. The van der Waals surface area contributed by atoms with Crippen LogP contribution in [-0.2, 0) is 9.57 Å². The van der Waals surface area contributed by atoms with E-state index in [1.54, 1.807) is 0 Å². The van der Waals surface area contributed by atoms with Crippen LogP contribution in [-0.4, -0.2) is 33.1 Å². The first kappa shape index (κ1) is 18.1. The molecule has 2 rings (SSSR count). The van der Waals surface area contributed by atoms with Gasteiger partial charge in [0.05, 0.1) is 5.56 Å². The fourth-order valence-electron chi connectivity index (χ4n) is 2.52. The molecule has 1 aliphatic heterocycles. The molecular weight excluding hydrogens is 308 g/mol. The molecule has 0 fully saturated rings. The lowest BCUT2D eigenvalue weighted by atomic mass is 9.88. The number of nitrogens with zero attached hydrogens (tertiary/aromatic N) is 2. The third kappa shape index (κ3) is 2.60. The molecule has 1 aromatic carbocycles. The number of benzene rings is 1. The van der Waals surface area contributed by atoms with E-state index in [-0.39, 0.29) is 17.4 Å². The molecule has 6 nitrogen and oxygen atoms in total. The highest BCUT2D eigenvalue weighted by Gasteiger charge is 2.47. The molecule has 2 N–H and O–H groups in total. The van der Waals surface area contributed by atoms with Crippen molar-refractivity contribution in [3.63, 3.8) is 0 Å². The molecule has 1 aliphatic rings. The largest absolute Gasteiger partial charge is 0.507 e. The first-order valence-electron chi connectivity index (χ1n) is 7.92. The van der Waals surface area contributed by atoms with Crippen LogP contribution in [0, 0.1) is 27.7 Å². The van der Waals surface area contributed by atoms with Crippen LogP contribution in [0.5, 0.6) is 5.75 Å². The Morgan fingerprint density at radius 2 is 1.46 bits per heavy atom. The minimum atomic E-state index is -0.696. The Bertz CT molecular complexity index is 717. The number of phenols is 1. The van der Waals surface area contributed by atoms with Crippen molar-refractivity contribution in [3.8, 4) is 5.75 Å². The highest BCUT2D eigenvalue weighted by molar-refractivity contribution is 6.46. The summed E-state index contributed by atoms with van der Waals surface area (Å²) < 4.78 is 5.94. The summed E-state index contributed by atoms with van der Waals surface area (Å²) in [4.78, 5) is 5.55. The van der Waals surface area contributed by atoms with Crippen molar-refractivity contribution in [3.05, 3.63) is 27.8 Å². The second kappa shape index (κ2) is 5.69. The quantitative estimate of drug-likeness (QED) is 0.490. The minimum Gasteiger partial charge on any atom is -0.507 e. The second-order valence-corrected chi connectivity index (χ2v) is 7.28. The van der Waals surface area contributed by atoms with Crippen molar-refractivity contribution in [1.82, 2.24) is 0 Å². The summed E-state index contributed by atoms with van der Waals surface area (Å²) >= 11 is 0. The van der Waals surface area contributed by atoms with Crippen molar-refractivity contribution < 1.29 is 19.9 Å². The topological polar surface area (TPSA) is 83.6 Å². The van der Waals surface area contributed by atoms with Crippen LogP contribution in [0.1, 0.15) is 55.5 Å². The molecule has 0 aromatic heterocycles. The van der Waals surface area contributed by atoms with E-state index in [4.69, 9.17) is 9.57 Å². The molecule has 0 atom stereocenters. The lowest BCUT2D eigenvalue weighted by Gasteiger charge is -2.42. The number of rotatable bonds is 2. The Kier molecular flexibility index (Phi) is 4.29. The van der Waals surface area contributed by atoms with Gasteiger partial charge in [-0.05, 0) is 82.8 Å². The highest BCUT2D eigenvalue weighted by atomic mass is 16.7. The second-order valence-electron chi connectivity index (χ2n) is 7.28. The third-order valence-electron chi connectivity index (χ3n) is 5.35. The summed E-state index contributed by atoms with van der Waals surface area (Å²) in [6, 6.07) is 0. The van der Waals surface area contributed by atoms with Crippen LogP contribution in [0.25, 0.3) is 0 Å². The highest BCUT2D eigenvalue weighted by Crippen LogP contribution is 2.36. The first-order valence-corrected chi connectivity index (χ1v) is 7.92. The number of phenolic OH excluding ortho intramolecular Hbond substituents is 1. The van der Waals surface area contributed by atoms with E-state index in [0.29, 0.717) is 5.56 Å². The van der Waals surface area contributed by atoms with Crippen LogP contribution in [0.2, 0.25) is 0 Å². The van der Waals surface area contributed by atoms with Crippen LogP contribution in [0.15, 0.2) is 10.3 Å². The van der Waals surface area contributed by atoms with Crippen molar-refractivity contribution in [2.24, 2.45) is 10.3 Å². The molecule has 6 heteroatoms. The zero-order valence-corrected chi connectivity index (χ0v) is 15.6. The van der Waals surface area contributed by atoms with E-state index in [1.165, 1.54) is 0 Å². The summed E-state index contributed by atoms with van der Waals surface area (Å²) in [6.07, 6.45) is 0. The maximum Gasteiger partial charge on any atom is 0.281 e. The normalized spacial score (nSPS) is 19.3. The van der Waals surface area contributed by atoms with Crippen LogP contribution in [0.3, 0.4) is 0 Å². The van der Waals surface area contributed by atoms with Crippen molar-refractivity contribution in [2.75, 3.05) is 0 Å². The van der Waals surface area contributed by atoms with Gasteiger partial charge >= 0.3 is 0 Å². The Balaban J connectivity index is 2.63. The molecule has 0 amide bonds. The smallest absolute Gasteiger partial charge is 0.281 e. The molecular formula is C18H26N2O4. The number of hydrogen-bond donors (Lipinski definition) is 2. The monoisotopic (exact) mass is 334 g/mol. The molecule has 24 heavy (non-hydrogen) atoms. The van der Waals surface area contributed by atoms with Gasteiger partial charge < -0.3 is 19.9 Å². The van der Waals surface area contributed by atoms with Crippen molar-refractivity contribution in [1.29, 1.82) is 0 Å². The summed E-state index contributed by atoms with van der Waals surface area (Å²) in [5.41, 5.74) is 2.65. The first-order chi connectivity index (χ1) is 10.9. The molecule has 132 valence electrons. The molecule has 0 bridgehead atoms. The molecule has 0 saturated heterocycles. The SMILES string of the molecule is Cc1c(C)c(C)c(/C(=N/O)C2=NOC(C)(C)C(C)(C)O2)c(O)c1C. The molecule has 0 unspecified atom stereocenters. The van der Waals surface area contributed by atoms with Crippen LogP contribution in [0.4, 0.5) is 0 Å². The van der Waals surface area contributed by atoms with Gasteiger partial charge in [0.2, 0.25) is 0 Å². The molecule has 0 aliphatic carbocycles. The average molecular weight is 334 g/mol. The van der Waals surface area contributed by atoms with Gasteiger partial charge in [-0.1, -0.05) is 5.16 Å². The Hall–Kier alpha value is -2.24. The zero-order chi connectivity index (χ0) is 18.4. The van der Waals surface area contributed by atoms with Gasteiger partial charge in [0, 0.05) is 0 Å². The molecule has 1 heterocycles. The Labute approximate surface area is 142 Å². The lowest BCUT2D eigenvalue weighted by molar-refractivity contribution is -0.163. The van der Waals surface area contributed by atoms with E-state index in [2.05, 4.69) is 10.3 Å². The summed E-state index contributed by atoms with van der Waals surface area (Å²) in [7, 11) is 0. The van der Waals surface area contributed by atoms with Crippen molar-refractivity contribution in [2.45, 2.75) is 66.6 Å². The van der Waals surface area contributed by atoms with E-state index >= 15 is 0 Å². The summed E-state index contributed by atoms with van der Waals surface area (Å²) in [5.74, 6) is 0.0974.